The molecule has 1 fully saturated rings. The van der Waals surface area contributed by atoms with Crippen molar-refractivity contribution in [2.75, 3.05) is 6.61 Å². The van der Waals surface area contributed by atoms with E-state index in [1.54, 1.807) is 5.57 Å². The fourth-order valence-corrected chi connectivity index (χ4v) is 4.15. The van der Waals surface area contributed by atoms with E-state index in [-0.39, 0.29) is 12.7 Å². The highest BCUT2D eigenvalue weighted by Gasteiger charge is 2.27. The van der Waals surface area contributed by atoms with Gasteiger partial charge in [-0.05, 0) is 56.8 Å². The summed E-state index contributed by atoms with van der Waals surface area (Å²) < 4.78 is 5.63. The Morgan fingerprint density at radius 1 is 1.25 bits per heavy atom. The molecule has 0 bridgehead atoms. The maximum atomic E-state index is 9.81. The fourth-order valence-electron chi connectivity index (χ4n) is 4.15. The van der Waals surface area contributed by atoms with Crippen molar-refractivity contribution < 1.29 is 14.9 Å². The first-order chi connectivity index (χ1) is 11.6. The van der Waals surface area contributed by atoms with Crippen LogP contribution in [0.1, 0.15) is 77.6 Å². The first-order valence-corrected chi connectivity index (χ1v) is 9.95. The summed E-state index contributed by atoms with van der Waals surface area (Å²) >= 11 is 0. The number of ether oxygens (including phenoxy) is 1. The number of allylic oxidation sites excluding steroid dienone is 2. The second-order valence-electron chi connectivity index (χ2n) is 7.69. The molecule has 0 radical (unpaired) electrons. The summed E-state index contributed by atoms with van der Waals surface area (Å²) in [6.45, 7) is 5.68. The minimum Gasteiger partial charge on any atom is -0.392 e. The van der Waals surface area contributed by atoms with E-state index in [2.05, 4.69) is 19.6 Å². The number of unbranched alkanes of at least 4 members (excludes halogenated alkanes) is 2. The van der Waals surface area contributed by atoms with Gasteiger partial charge in [-0.2, -0.15) is 0 Å². The third kappa shape index (κ3) is 6.02. The lowest BCUT2D eigenvalue weighted by atomic mass is 9.76. The number of aliphatic hydroxyl groups is 2. The van der Waals surface area contributed by atoms with E-state index in [1.165, 1.54) is 44.9 Å². The maximum Gasteiger partial charge on any atom is 0.179 e. The highest BCUT2D eigenvalue weighted by Crippen LogP contribution is 2.38. The van der Waals surface area contributed by atoms with Crippen LogP contribution in [-0.4, -0.2) is 29.2 Å². The maximum absolute atomic E-state index is 9.81. The lowest BCUT2D eigenvalue weighted by molar-refractivity contribution is -0.126. The minimum absolute atomic E-state index is 0.102. The molecular formula is C21H36O3. The Hall–Kier alpha value is -0.640. The molecule has 3 heteroatoms. The summed E-state index contributed by atoms with van der Waals surface area (Å²) in [6, 6.07) is 0. The second kappa shape index (κ2) is 10.4. The van der Waals surface area contributed by atoms with Crippen molar-refractivity contribution >= 4 is 0 Å². The number of hydrogen-bond acceptors (Lipinski definition) is 3. The molecule has 2 unspecified atom stereocenters. The molecule has 0 aromatic rings. The summed E-state index contributed by atoms with van der Waals surface area (Å²) in [5.74, 6) is 1.64. The fraction of sp³-hybridized carbons (Fsp3) is 0.810. The van der Waals surface area contributed by atoms with Crippen molar-refractivity contribution in [2.24, 2.45) is 11.8 Å². The summed E-state index contributed by atoms with van der Waals surface area (Å²) in [7, 11) is 0. The molecule has 138 valence electrons. The Kier molecular flexibility index (Phi) is 8.51. The molecule has 2 atom stereocenters. The topological polar surface area (TPSA) is 49.7 Å². The van der Waals surface area contributed by atoms with Gasteiger partial charge in [0.25, 0.3) is 0 Å². The summed E-state index contributed by atoms with van der Waals surface area (Å²) in [6.07, 6.45) is 15.4. The van der Waals surface area contributed by atoms with Crippen LogP contribution < -0.4 is 0 Å². The van der Waals surface area contributed by atoms with Crippen molar-refractivity contribution in [1.29, 1.82) is 0 Å². The molecule has 2 aliphatic rings. The molecule has 2 N–H and O–H groups in total. The van der Waals surface area contributed by atoms with E-state index in [9.17, 15) is 5.11 Å². The Morgan fingerprint density at radius 2 is 2.00 bits per heavy atom. The van der Waals surface area contributed by atoms with Crippen LogP contribution in [0.5, 0.6) is 0 Å². The normalized spacial score (nSPS) is 29.1. The summed E-state index contributed by atoms with van der Waals surface area (Å²) in [5.41, 5.74) is 2.03. The quantitative estimate of drug-likeness (QED) is 0.363. The van der Waals surface area contributed by atoms with Gasteiger partial charge in [-0.3, -0.25) is 0 Å². The van der Waals surface area contributed by atoms with Crippen LogP contribution in [-0.2, 0) is 4.74 Å². The SMILES string of the molecule is C=C(CO)C(O)OC1CCC(C2=CCC(CCCCC)CC2)CC1. The van der Waals surface area contributed by atoms with E-state index < -0.39 is 6.29 Å². The van der Waals surface area contributed by atoms with Gasteiger partial charge in [0.15, 0.2) is 6.29 Å². The van der Waals surface area contributed by atoms with Crippen LogP contribution in [0.2, 0.25) is 0 Å². The molecule has 24 heavy (non-hydrogen) atoms. The zero-order valence-electron chi connectivity index (χ0n) is 15.4. The third-order valence-corrected chi connectivity index (χ3v) is 5.84. The monoisotopic (exact) mass is 336 g/mol. The standard InChI is InChI=1S/C21H36O3/c1-3-4-5-6-17-7-9-18(10-8-17)19-11-13-20(14-12-19)24-21(23)16(2)15-22/h9,17,19-23H,2-8,10-15H2,1H3. The molecule has 3 nitrogen and oxygen atoms in total. The largest absolute Gasteiger partial charge is 0.392 e. The Bertz CT molecular complexity index is 407. The average molecular weight is 337 g/mol. The Balaban J connectivity index is 1.70. The van der Waals surface area contributed by atoms with Crippen LogP contribution in [0, 0.1) is 11.8 Å². The lowest BCUT2D eigenvalue weighted by Crippen LogP contribution is -2.29. The molecule has 0 heterocycles. The van der Waals surface area contributed by atoms with Crippen molar-refractivity contribution in [1.82, 2.24) is 0 Å². The lowest BCUT2D eigenvalue weighted by Gasteiger charge is -2.33. The smallest absolute Gasteiger partial charge is 0.179 e. The van der Waals surface area contributed by atoms with Gasteiger partial charge in [0.05, 0.1) is 12.7 Å². The molecular weight excluding hydrogens is 300 g/mol. The van der Waals surface area contributed by atoms with Gasteiger partial charge < -0.3 is 14.9 Å². The molecule has 0 amide bonds. The van der Waals surface area contributed by atoms with E-state index in [0.717, 1.165) is 37.5 Å². The van der Waals surface area contributed by atoms with E-state index in [0.29, 0.717) is 5.57 Å². The van der Waals surface area contributed by atoms with Crippen LogP contribution in [0.15, 0.2) is 23.8 Å². The average Bonchev–Trinajstić information content (AvgIpc) is 2.62. The highest BCUT2D eigenvalue weighted by atomic mass is 16.6. The number of aliphatic hydroxyl groups excluding tert-OH is 2. The minimum atomic E-state index is -1.02. The van der Waals surface area contributed by atoms with Gasteiger partial charge in [-0.15, -0.1) is 0 Å². The van der Waals surface area contributed by atoms with Crippen LogP contribution in [0.3, 0.4) is 0 Å². The zero-order valence-corrected chi connectivity index (χ0v) is 15.4. The Morgan fingerprint density at radius 3 is 2.58 bits per heavy atom. The first-order valence-electron chi connectivity index (χ1n) is 9.95. The van der Waals surface area contributed by atoms with Crippen molar-refractivity contribution in [3.8, 4) is 0 Å². The molecule has 0 spiro atoms. The number of rotatable bonds is 9. The van der Waals surface area contributed by atoms with E-state index in [1.807, 2.05) is 0 Å². The Labute approximate surface area is 147 Å². The van der Waals surface area contributed by atoms with Crippen molar-refractivity contribution in [3.63, 3.8) is 0 Å². The first kappa shape index (κ1) is 19.7. The number of hydrogen-bond donors (Lipinski definition) is 2. The van der Waals surface area contributed by atoms with Gasteiger partial charge in [0.2, 0.25) is 0 Å². The van der Waals surface area contributed by atoms with Gasteiger partial charge in [-0.1, -0.05) is 50.8 Å². The summed E-state index contributed by atoms with van der Waals surface area (Å²) in [4.78, 5) is 0. The van der Waals surface area contributed by atoms with Crippen LogP contribution >= 0.6 is 0 Å². The predicted octanol–water partition coefficient (Wildman–Crippen LogP) is 4.74. The molecule has 1 saturated carbocycles. The van der Waals surface area contributed by atoms with Gasteiger partial charge in [0.1, 0.15) is 0 Å². The molecule has 0 aliphatic heterocycles. The molecule has 2 aliphatic carbocycles. The van der Waals surface area contributed by atoms with Crippen molar-refractivity contribution in [2.45, 2.75) is 89.9 Å². The zero-order chi connectivity index (χ0) is 17.4. The summed E-state index contributed by atoms with van der Waals surface area (Å²) in [5, 5.41) is 18.8. The third-order valence-electron chi connectivity index (χ3n) is 5.84. The van der Waals surface area contributed by atoms with Crippen molar-refractivity contribution in [3.05, 3.63) is 23.8 Å². The van der Waals surface area contributed by atoms with E-state index >= 15 is 0 Å². The van der Waals surface area contributed by atoms with Gasteiger partial charge in [-0.25, -0.2) is 0 Å². The molecule has 0 saturated heterocycles. The molecule has 0 aromatic carbocycles. The van der Waals surface area contributed by atoms with Crippen LogP contribution in [0.4, 0.5) is 0 Å². The van der Waals surface area contributed by atoms with Gasteiger partial charge in [0, 0.05) is 5.57 Å². The van der Waals surface area contributed by atoms with Crippen LogP contribution in [0.25, 0.3) is 0 Å². The van der Waals surface area contributed by atoms with Gasteiger partial charge >= 0.3 is 0 Å². The highest BCUT2D eigenvalue weighted by molar-refractivity contribution is 5.11. The van der Waals surface area contributed by atoms with E-state index in [4.69, 9.17) is 9.84 Å². The molecule has 2 rings (SSSR count). The second-order valence-corrected chi connectivity index (χ2v) is 7.69. The molecule has 0 aromatic heterocycles. The predicted molar refractivity (Wildman–Crippen MR) is 98.6 cm³/mol.